The number of rotatable bonds is 4. The SMILES string of the molecule is O=C(CN1CCN(c2ccccc2[N+](=O)[O-])CC1)N1CCCCC1. The third kappa shape index (κ3) is 3.84. The molecule has 3 rings (SSSR count). The first-order chi connectivity index (χ1) is 11.6. The minimum atomic E-state index is -0.332. The van der Waals surface area contributed by atoms with Crippen LogP contribution < -0.4 is 4.90 Å². The molecule has 2 aliphatic heterocycles. The maximum Gasteiger partial charge on any atom is 0.292 e. The predicted molar refractivity (Wildman–Crippen MR) is 92.2 cm³/mol. The number of nitrogens with zero attached hydrogens (tertiary/aromatic N) is 4. The van der Waals surface area contributed by atoms with Crippen LogP contribution in [-0.4, -0.2) is 66.4 Å². The highest BCUT2D eigenvalue weighted by atomic mass is 16.6. The van der Waals surface area contributed by atoms with Gasteiger partial charge in [-0.05, 0) is 25.3 Å². The Bertz CT molecular complexity index is 593. The van der Waals surface area contributed by atoms with Gasteiger partial charge in [-0.2, -0.15) is 0 Å². The second-order valence-corrected chi connectivity index (χ2v) is 6.45. The van der Waals surface area contributed by atoms with Crippen molar-refractivity contribution >= 4 is 17.3 Å². The number of carbonyl (C=O) groups is 1. The van der Waals surface area contributed by atoms with E-state index in [2.05, 4.69) is 4.90 Å². The second-order valence-electron chi connectivity index (χ2n) is 6.45. The number of anilines is 1. The van der Waals surface area contributed by atoms with Crippen LogP contribution in [0.4, 0.5) is 11.4 Å². The second kappa shape index (κ2) is 7.61. The van der Waals surface area contributed by atoms with Crippen LogP contribution in [-0.2, 0) is 4.79 Å². The van der Waals surface area contributed by atoms with Crippen molar-refractivity contribution in [1.29, 1.82) is 0 Å². The third-order valence-electron chi connectivity index (χ3n) is 4.86. The number of benzene rings is 1. The number of nitro groups is 1. The number of para-hydroxylation sites is 2. The van der Waals surface area contributed by atoms with Crippen LogP contribution in [0.5, 0.6) is 0 Å². The first-order valence-electron chi connectivity index (χ1n) is 8.63. The van der Waals surface area contributed by atoms with E-state index in [0.717, 1.165) is 39.0 Å². The number of piperazine rings is 1. The van der Waals surface area contributed by atoms with Gasteiger partial charge in [0.15, 0.2) is 0 Å². The highest BCUT2D eigenvalue weighted by Crippen LogP contribution is 2.28. The van der Waals surface area contributed by atoms with Crippen LogP contribution in [0.25, 0.3) is 0 Å². The van der Waals surface area contributed by atoms with Gasteiger partial charge in [0.05, 0.1) is 11.5 Å². The fraction of sp³-hybridized carbons (Fsp3) is 0.588. The molecule has 0 saturated carbocycles. The fourth-order valence-corrected chi connectivity index (χ4v) is 3.47. The number of likely N-dealkylation sites (tertiary alicyclic amines) is 1. The summed E-state index contributed by atoms with van der Waals surface area (Å²) in [6.45, 7) is 5.16. The molecule has 1 aromatic carbocycles. The molecule has 0 aliphatic carbocycles. The average Bonchev–Trinajstić information content (AvgIpc) is 2.63. The van der Waals surface area contributed by atoms with E-state index in [1.54, 1.807) is 18.2 Å². The maximum atomic E-state index is 12.3. The molecule has 7 nitrogen and oxygen atoms in total. The minimum Gasteiger partial charge on any atom is -0.363 e. The summed E-state index contributed by atoms with van der Waals surface area (Å²) in [5, 5.41) is 11.2. The van der Waals surface area contributed by atoms with Gasteiger partial charge in [0.2, 0.25) is 5.91 Å². The van der Waals surface area contributed by atoms with Crippen molar-refractivity contribution in [2.75, 3.05) is 50.7 Å². The van der Waals surface area contributed by atoms with Crippen molar-refractivity contribution in [2.45, 2.75) is 19.3 Å². The molecule has 1 amide bonds. The van der Waals surface area contributed by atoms with Crippen molar-refractivity contribution < 1.29 is 9.72 Å². The van der Waals surface area contributed by atoms with Crippen molar-refractivity contribution in [3.63, 3.8) is 0 Å². The van der Waals surface area contributed by atoms with E-state index in [1.807, 2.05) is 15.9 Å². The summed E-state index contributed by atoms with van der Waals surface area (Å²) in [4.78, 5) is 29.3. The predicted octanol–water partition coefficient (Wildman–Crippen LogP) is 1.73. The Hall–Kier alpha value is -2.15. The first-order valence-corrected chi connectivity index (χ1v) is 8.63. The zero-order valence-corrected chi connectivity index (χ0v) is 13.9. The van der Waals surface area contributed by atoms with Gasteiger partial charge in [0, 0.05) is 45.3 Å². The van der Waals surface area contributed by atoms with E-state index in [1.165, 1.54) is 6.42 Å². The molecule has 0 spiro atoms. The minimum absolute atomic E-state index is 0.148. The van der Waals surface area contributed by atoms with Crippen LogP contribution in [0.3, 0.4) is 0 Å². The smallest absolute Gasteiger partial charge is 0.292 e. The largest absolute Gasteiger partial charge is 0.363 e. The van der Waals surface area contributed by atoms with E-state index < -0.39 is 0 Å². The van der Waals surface area contributed by atoms with Crippen molar-refractivity contribution in [3.05, 3.63) is 34.4 Å². The van der Waals surface area contributed by atoms with Gasteiger partial charge in [-0.25, -0.2) is 0 Å². The van der Waals surface area contributed by atoms with Gasteiger partial charge in [0.1, 0.15) is 5.69 Å². The number of piperidine rings is 1. The molecule has 2 aliphatic rings. The monoisotopic (exact) mass is 332 g/mol. The highest BCUT2D eigenvalue weighted by Gasteiger charge is 2.25. The normalized spacial score (nSPS) is 19.3. The molecule has 0 unspecified atom stereocenters. The van der Waals surface area contributed by atoms with Crippen LogP contribution in [0.1, 0.15) is 19.3 Å². The molecule has 1 aromatic rings. The lowest BCUT2D eigenvalue weighted by molar-refractivity contribution is -0.384. The van der Waals surface area contributed by atoms with Gasteiger partial charge in [0.25, 0.3) is 5.69 Å². The first kappa shape index (κ1) is 16.7. The lowest BCUT2D eigenvalue weighted by Crippen LogP contribution is -2.50. The van der Waals surface area contributed by atoms with Crippen molar-refractivity contribution in [3.8, 4) is 0 Å². The fourth-order valence-electron chi connectivity index (χ4n) is 3.47. The molecular weight excluding hydrogens is 308 g/mol. The highest BCUT2D eigenvalue weighted by molar-refractivity contribution is 5.78. The molecule has 130 valence electrons. The number of carbonyl (C=O) groups excluding carboxylic acids is 1. The summed E-state index contributed by atoms with van der Waals surface area (Å²) >= 11 is 0. The number of amides is 1. The third-order valence-corrected chi connectivity index (χ3v) is 4.86. The van der Waals surface area contributed by atoms with Gasteiger partial charge >= 0.3 is 0 Å². The number of hydrogen-bond acceptors (Lipinski definition) is 5. The van der Waals surface area contributed by atoms with E-state index in [9.17, 15) is 14.9 Å². The molecule has 2 saturated heterocycles. The summed E-state index contributed by atoms with van der Waals surface area (Å²) in [7, 11) is 0. The van der Waals surface area contributed by atoms with Crippen LogP contribution in [0.2, 0.25) is 0 Å². The Labute approximate surface area is 142 Å². The lowest BCUT2D eigenvalue weighted by atomic mass is 10.1. The Morgan fingerprint density at radius 2 is 1.67 bits per heavy atom. The summed E-state index contributed by atoms with van der Waals surface area (Å²) in [6.07, 6.45) is 3.44. The molecule has 7 heteroatoms. The zero-order valence-electron chi connectivity index (χ0n) is 13.9. The van der Waals surface area contributed by atoms with Gasteiger partial charge < -0.3 is 9.80 Å². The molecule has 24 heavy (non-hydrogen) atoms. The molecule has 0 bridgehead atoms. The quantitative estimate of drug-likeness (QED) is 0.620. The van der Waals surface area contributed by atoms with Gasteiger partial charge in [-0.3, -0.25) is 19.8 Å². The van der Waals surface area contributed by atoms with E-state index in [0.29, 0.717) is 25.3 Å². The van der Waals surface area contributed by atoms with Crippen molar-refractivity contribution in [1.82, 2.24) is 9.80 Å². The molecule has 0 N–H and O–H groups in total. The molecule has 0 radical (unpaired) electrons. The Morgan fingerprint density at radius 1 is 1.00 bits per heavy atom. The Morgan fingerprint density at radius 3 is 2.33 bits per heavy atom. The lowest BCUT2D eigenvalue weighted by Gasteiger charge is -2.36. The molecule has 0 atom stereocenters. The van der Waals surface area contributed by atoms with Crippen molar-refractivity contribution in [2.24, 2.45) is 0 Å². The summed E-state index contributed by atoms with van der Waals surface area (Å²) in [6, 6.07) is 6.86. The standard InChI is InChI=1S/C17H24N4O3/c22-17(20-8-4-1-5-9-20)14-18-10-12-19(13-11-18)15-6-2-3-7-16(15)21(23)24/h2-3,6-7H,1,4-5,8-14H2. The molecule has 0 aromatic heterocycles. The molecule has 2 fully saturated rings. The van der Waals surface area contributed by atoms with Gasteiger partial charge in [-0.15, -0.1) is 0 Å². The Balaban J connectivity index is 1.54. The van der Waals surface area contributed by atoms with Crippen LogP contribution in [0.15, 0.2) is 24.3 Å². The summed E-state index contributed by atoms with van der Waals surface area (Å²) in [5.41, 5.74) is 0.819. The van der Waals surface area contributed by atoms with E-state index >= 15 is 0 Å². The molecule has 2 heterocycles. The average molecular weight is 332 g/mol. The maximum absolute atomic E-state index is 12.3. The molecular formula is C17H24N4O3. The topological polar surface area (TPSA) is 69.9 Å². The van der Waals surface area contributed by atoms with Gasteiger partial charge in [-0.1, -0.05) is 12.1 Å². The summed E-state index contributed by atoms with van der Waals surface area (Å²) < 4.78 is 0. The Kier molecular flexibility index (Phi) is 5.30. The summed E-state index contributed by atoms with van der Waals surface area (Å²) in [5.74, 6) is 0.217. The number of nitro benzene ring substituents is 1. The zero-order chi connectivity index (χ0) is 16.9. The van der Waals surface area contributed by atoms with Crippen LogP contribution in [0, 0.1) is 10.1 Å². The van der Waals surface area contributed by atoms with E-state index in [4.69, 9.17) is 0 Å². The van der Waals surface area contributed by atoms with Crippen LogP contribution >= 0.6 is 0 Å². The van der Waals surface area contributed by atoms with E-state index in [-0.39, 0.29) is 16.5 Å². The number of hydrogen-bond donors (Lipinski definition) is 0.